The fourth-order valence-electron chi connectivity index (χ4n) is 2.56. The Bertz CT molecular complexity index is 898. The molecule has 7 heteroatoms. The Hall–Kier alpha value is -2.96. The molecular weight excluding hydrogens is 335 g/mol. The van der Waals surface area contributed by atoms with Crippen molar-refractivity contribution in [3.05, 3.63) is 65.4 Å². The normalized spacial score (nSPS) is 11.5. The molecule has 0 aliphatic rings. The first-order valence-electron chi connectivity index (χ1n) is 7.39. The summed E-state index contributed by atoms with van der Waals surface area (Å²) in [6.07, 6.45) is -4.19. The highest BCUT2D eigenvalue weighted by Gasteiger charge is 2.30. The first-order valence-corrected chi connectivity index (χ1v) is 7.39. The van der Waals surface area contributed by atoms with Gasteiger partial charge in [-0.25, -0.2) is 4.79 Å². The van der Waals surface area contributed by atoms with Crippen molar-refractivity contribution in [3.63, 3.8) is 0 Å². The summed E-state index contributed by atoms with van der Waals surface area (Å²) in [5.74, 6) is -0.666. The Morgan fingerprint density at radius 1 is 1.08 bits per heavy atom. The van der Waals surface area contributed by atoms with Crippen LogP contribution < -0.4 is 4.74 Å². The van der Waals surface area contributed by atoms with E-state index < -0.39 is 12.3 Å². The number of methoxy groups -OCH3 is 1. The van der Waals surface area contributed by atoms with Gasteiger partial charge in [0.05, 0.1) is 12.7 Å². The minimum absolute atomic E-state index is 0.254. The minimum Gasteiger partial charge on any atom is -0.465 e. The molecule has 0 fully saturated rings. The maximum Gasteiger partial charge on any atom is 0.573 e. The summed E-state index contributed by atoms with van der Waals surface area (Å²) in [7, 11) is 1.32. The number of esters is 1. The third-order valence-electron chi connectivity index (χ3n) is 3.65. The second-order valence-corrected chi connectivity index (χ2v) is 5.46. The van der Waals surface area contributed by atoms with E-state index in [-0.39, 0.29) is 5.75 Å². The summed E-state index contributed by atoms with van der Waals surface area (Å²) in [5, 5.41) is 0.856. The maximum atomic E-state index is 12.2. The number of hydrogen-bond acceptors (Lipinski definition) is 3. The summed E-state index contributed by atoms with van der Waals surface area (Å²) in [6, 6.07) is 12.8. The SMILES string of the molecule is COC(=O)c1ccc2[nH]c(Cc3ccc(OC(F)(F)F)cc3)cc2c1. The Kier molecular flexibility index (Phi) is 4.39. The predicted molar refractivity (Wildman–Crippen MR) is 85.6 cm³/mol. The van der Waals surface area contributed by atoms with Gasteiger partial charge < -0.3 is 14.5 Å². The number of alkyl halides is 3. The van der Waals surface area contributed by atoms with Gasteiger partial charge in [0.15, 0.2) is 0 Å². The number of carbonyl (C=O) groups excluding carboxylic acids is 1. The van der Waals surface area contributed by atoms with E-state index in [2.05, 4.69) is 9.72 Å². The quantitative estimate of drug-likeness (QED) is 0.708. The van der Waals surface area contributed by atoms with Crippen LogP contribution in [0.1, 0.15) is 21.6 Å². The van der Waals surface area contributed by atoms with Gasteiger partial charge in [-0.3, -0.25) is 0 Å². The topological polar surface area (TPSA) is 51.3 Å². The molecule has 0 spiro atoms. The number of rotatable bonds is 4. The molecule has 0 aliphatic carbocycles. The van der Waals surface area contributed by atoms with Crippen molar-refractivity contribution in [3.8, 4) is 5.75 Å². The van der Waals surface area contributed by atoms with E-state index in [1.54, 1.807) is 30.3 Å². The van der Waals surface area contributed by atoms with Crippen LogP contribution >= 0.6 is 0 Å². The molecule has 0 aliphatic heterocycles. The molecule has 1 heterocycles. The van der Waals surface area contributed by atoms with Gasteiger partial charge in [-0.1, -0.05) is 12.1 Å². The highest BCUT2D eigenvalue weighted by atomic mass is 19.4. The molecule has 0 atom stereocenters. The number of H-pyrrole nitrogens is 1. The summed E-state index contributed by atoms with van der Waals surface area (Å²) < 4.78 is 45.0. The van der Waals surface area contributed by atoms with E-state index in [0.29, 0.717) is 12.0 Å². The smallest absolute Gasteiger partial charge is 0.465 e. The third kappa shape index (κ3) is 4.12. The number of benzene rings is 2. The Morgan fingerprint density at radius 3 is 2.44 bits per heavy atom. The van der Waals surface area contributed by atoms with Crippen LogP contribution in [0.15, 0.2) is 48.5 Å². The van der Waals surface area contributed by atoms with Crippen LogP contribution in [0.25, 0.3) is 10.9 Å². The molecular formula is C18H14F3NO3. The molecule has 2 aromatic carbocycles. The van der Waals surface area contributed by atoms with Crippen LogP contribution in [-0.2, 0) is 11.2 Å². The number of aromatic amines is 1. The Morgan fingerprint density at radius 2 is 1.80 bits per heavy atom. The van der Waals surface area contributed by atoms with Crippen LogP contribution in [0.2, 0.25) is 0 Å². The van der Waals surface area contributed by atoms with Crippen LogP contribution in [0, 0.1) is 0 Å². The highest BCUT2D eigenvalue weighted by Crippen LogP contribution is 2.24. The van der Waals surface area contributed by atoms with Crippen molar-refractivity contribution >= 4 is 16.9 Å². The molecule has 4 nitrogen and oxygen atoms in total. The lowest BCUT2D eigenvalue weighted by atomic mass is 10.1. The molecule has 0 saturated carbocycles. The van der Waals surface area contributed by atoms with E-state index >= 15 is 0 Å². The highest BCUT2D eigenvalue weighted by molar-refractivity contribution is 5.94. The lowest BCUT2D eigenvalue weighted by molar-refractivity contribution is -0.274. The second kappa shape index (κ2) is 6.51. The molecule has 0 amide bonds. The zero-order chi connectivity index (χ0) is 18.0. The molecule has 0 saturated heterocycles. The van der Waals surface area contributed by atoms with Crippen molar-refractivity contribution in [1.82, 2.24) is 4.98 Å². The lowest BCUT2D eigenvalue weighted by Crippen LogP contribution is -2.17. The predicted octanol–water partition coefficient (Wildman–Crippen LogP) is 4.44. The number of nitrogens with one attached hydrogen (secondary N) is 1. The summed E-state index contributed by atoms with van der Waals surface area (Å²) in [4.78, 5) is 14.8. The van der Waals surface area contributed by atoms with E-state index in [9.17, 15) is 18.0 Å². The zero-order valence-corrected chi connectivity index (χ0v) is 13.2. The third-order valence-corrected chi connectivity index (χ3v) is 3.65. The molecule has 1 aromatic heterocycles. The van der Waals surface area contributed by atoms with Gasteiger partial charge in [-0.05, 0) is 42.0 Å². The van der Waals surface area contributed by atoms with Gasteiger partial charge in [0.25, 0.3) is 0 Å². The van der Waals surface area contributed by atoms with Crippen LogP contribution in [0.4, 0.5) is 13.2 Å². The second-order valence-electron chi connectivity index (χ2n) is 5.46. The largest absolute Gasteiger partial charge is 0.573 e. The average molecular weight is 349 g/mol. The fraction of sp³-hybridized carbons (Fsp3) is 0.167. The van der Waals surface area contributed by atoms with E-state index in [1.807, 2.05) is 6.07 Å². The summed E-state index contributed by atoms with van der Waals surface area (Å²) >= 11 is 0. The Balaban J connectivity index is 1.77. The number of carbonyl (C=O) groups is 1. The molecule has 3 rings (SSSR count). The standard InChI is InChI=1S/C18H14F3NO3/c1-24-17(23)12-4-7-16-13(9-12)10-14(22-16)8-11-2-5-15(6-3-11)25-18(19,20)21/h2-7,9-10,22H,8H2,1H3. The molecule has 3 aromatic rings. The number of aromatic nitrogens is 1. The van der Waals surface area contributed by atoms with E-state index in [1.165, 1.54) is 19.2 Å². The van der Waals surface area contributed by atoms with Crippen molar-refractivity contribution < 1.29 is 27.4 Å². The van der Waals surface area contributed by atoms with E-state index in [4.69, 9.17) is 4.74 Å². The Labute approximate surface area is 141 Å². The average Bonchev–Trinajstić information content (AvgIpc) is 2.96. The van der Waals surface area contributed by atoms with Crippen LogP contribution in [0.3, 0.4) is 0 Å². The van der Waals surface area contributed by atoms with Crippen LogP contribution in [0.5, 0.6) is 5.75 Å². The number of hydrogen-bond donors (Lipinski definition) is 1. The van der Waals surface area contributed by atoms with Crippen molar-refractivity contribution in [2.24, 2.45) is 0 Å². The van der Waals surface area contributed by atoms with Gasteiger partial charge in [-0.2, -0.15) is 0 Å². The lowest BCUT2D eigenvalue weighted by Gasteiger charge is -2.09. The first-order chi connectivity index (χ1) is 11.8. The van der Waals surface area contributed by atoms with Crippen molar-refractivity contribution in [2.75, 3.05) is 7.11 Å². The van der Waals surface area contributed by atoms with Gasteiger partial charge in [-0.15, -0.1) is 13.2 Å². The molecule has 25 heavy (non-hydrogen) atoms. The summed E-state index contributed by atoms with van der Waals surface area (Å²) in [5.41, 5.74) is 3.02. The molecule has 1 N–H and O–H groups in total. The van der Waals surface area contributed by atoms with Gasteiger partial charge in [0.2, 0.25) is 0 Å². The number of halogens is 3. The van der Waals surface area contributed by atoms with Crippen molar-refractivity contribution in [2.45, 2.75) is 12.8 Å². The monoisotopic (exact) mass is 349 g/mol. The van der Waals surface area contributed by atoms with Crippen molar-refractivity contribution in [1.29, 1.82) is 0 Å². The number of fused-ring (bicyclic) bond motifs is 1. The maximum absolute atomic E-state index is 12.2. The fourth-order valence-corrected chi connectivity index (χ4v) is 2.56. The van der Waals surface area contributed by atoms with Gasteiger partial charge in [0.1, 0.15) is 5.75 Å². The first kappa shape index (κ1) is 16.9. The number of ether oxygens (including phenoxy) is 2. The zero-order valence-electron chi connectivity index (χ0n) is 13.2. The van der Waals surface area contributed by atoms with Gasteiger partial charge in [0, 0.05) is 23.0 Å². The molecule has 130 valence electrons. The molecule has 0 unspecified atom stereocenters. The van der Waals surface area contributed by atoms with E-state index in [0.717, 1.165) is 22.2 Å². The summed E-state index contributed by atoms with van der Waals surface area (Å²) in [6.45, 7) is 0. The molecule has 0 bridgehead atoms. The van der Waals surface area contributed by atoms with Crippen LogP contribution in [-0.4, -0.2) is 24.4 Å². The minimum atomic E-state index is -4.70. The van der Waals surface area contributed by atoms with Gasteiger partial charge >= 0.3 is 12.3 Å². The molecule has 0 radical (unpaired) electrons.